The van der Waals surface area contributed by atoms with Crippen molar-refractivity contribution < 1.29 is 24.3 Å². The van der Waals surface area contributed by atoms with Gasteiger partial charge in [0.15, 0.2) is 0 Å². The number of nitrogens with one attached hydrogen (secondary N) is 1. The van der Waals surface area contributed by atoms with Gasteiger partial charge in [0.25, 0.3) is 0 Å². The first kappa shape index (κ1) is 25.5. The number of benzene rings is 1. The molecule has 0 spiro atoms. The van der Waals surface area contributed by atoms with E-state index in [2.05, 4.69) is 10.5 Å². The molecule has 1 saturated carbocycles. The second-order valence-electron chi connectivity index (χ2n) is 10.1. The first-order chi connectivity index (χ1) is 16.0. The molecule has 0 aliphatic heterocycles. The number of ether oxygens (including phenoxy) is 1. The van der Waals surface area contributed by atoms with E-state index >= 15 is 0 Å². The Morgan fingerprint density at radius 2 is 1.88 bits per heavy atom. The van der Waals surface area contributed by atoms with Crippen LogP contribution >= 0.6 is 0 Å². The van der Waals surface area contributed by atoms with Gasteiger partial charge < -0.3 is 20.0 Å². The lowest BCUT2D eigenvalue weighted by Crippen LogP contribution is -2.36. The van der Waals surface area contributed by atoms with E-state index in [1.165, 1.54) is 7.11 Å². The molecule has 8 heteroatoms. The molecule has 8 nitrogen and oxygen atoms in total. The Morgan fingerprint density at radius 3 is 2.50 bits per heavy atom. The number of nitrogens with zero attached hydrogens (tertiary/aromatic N) is 2. The van der Waals surface area contributed by atoms with Gasteiger partial charge in [0, 0.05) is 5.39 Å². The third-order valence-corrected chi connectivity index (χ3v) is 6.31. The number of carbonyl (C=O) groups is 2. The fourth-order valence-electron chi connectivity index (χ4n) is 4.33. The second kappa shape index (κ2) is 10.4. The van der Waals surface area contributed by atoms with Gasteiger partial charge in [-0.15, -0.1) is 0 Å². The highest BCUT2D eigenvalue weighted by molar-refractivity contribution is 5.87. The summed E-state index contributed by atoms with van der Waals surface area (Å²) in [4.78, 5) is 33.9. The first-order valence-electron chi connectivity index (χ1n) is 11.7. The average molecular weight is 470 g/mol. The van der Waals surface area contributed by atoms with Crippen LogP contribution in [0.15, 0.2) is 35.5 Å². The molecular weight excluding hydrogens is 434 g/mol. The quantitative estimate of drug-likeness (QED) is 0.525. The van der Waals surface area contributed by atoms with Gasteiger partial charge in [-0.2, -0.15) is 0 Å². The largest absolute Gasteiger partial charge is 0.481 e. The molecule has 1 amide bonds. The highest BCUT2D eigenvalue weighted by Gasteiger charge is 2.40. The minimum Gasteiger partial charge on any atom is -0.481 e. The van der Waals surface area contributed by atoms with Gasteiger partial charge in [0.1, 0.15) is 12.7 Å². The number of carboxylic acid groups (broad SMARTS) is 1. The Labute approximate surface area is 200 Å². The lowest BCUT2D eigenvalue weighted by atomic mass is 9.70. The Hall–Kier alpha value is -3.16. The van der Waals surface area contributed by atoms with Crippen LogP contribution in [-0.2, 0) is 20.8 Å². The van der Waals surface area contributed by atoms with Crippen LogP contribution in [0.25, 0.3) is 10.9 Å². The van der Waals surface area contributed by atoms with Crippen molar-refractivity contribution in [3.63, 3.8) is 0 Å². The van der Waals surface area contributed by atoms with Crippen LogP contribution in [0.5, 0.6) is 0 Å². The van der Waals surface area contributed by atoms with Crippen molar-refractivity contribution in [2.45, 2.75) is 77.9 Å². The highest BCUT2D eigenvalue weighted by atomic mass is 16.6. The molecule has 1 aromatic carbocycles. The van der Waals surface area contributed by atoms with Gasteiger partial charge >= 0.3 is 12.1 Å². The fraction of sp³-hybridized carbons (Fsp3) is 0.538. The van der Waals surface area contributed by atoms with Crippen molar-refractivity contribution in [2.75, 3.05) is 7.11 Å². The van der Waals surface area contributed by atoms with Gasteiger partial charge in [-0.3, -0.25) is 9.78 Å². The van der Waals surface area contributed by atoms with Crippen LogP contribution in [0.3, 0.4) is 0 Å². The maximum absolute atomic E-state index is 12.1. The third-order valence-electron chi connectivity index (χ3n) is 6.31. The van der Waals surface area contributed by atoms with Crippen LogP contribution in [0.1, 0.15) is 77.1 Å². The number of aliphatic carboxylic acids is 1. The number of oxime groups is 1. The van der Waals surface area contributed by atoms with Crippen LogP contribution in [0.4, 0.5) is 4.79 Å². The maximum atomic E-state index is 12.1. The molecule has 1 fully saturated rings. The van der Waals surface area contributed by atoms with Gasteiger partial charge in [0.05, 0.1) is 28.4 Å². The van der Waals surface area contributed by atoms with E-state index in [1.54, 1.807) is 0 Å². The van der Waals surface area contributed by atoms with Crippen molar-refractivity contribution >= 4 is 28.7 Å². The summed E-state index contributed by atoms with van der Waals surface area (Å²) in [7, 11) is 1.51. The first-order valence-corrected chi connectivity index (χ1v) is 11.7. The summed E-state index contributed by atoms with van der Waals surface area (Å²) in [6.45, 7) is 7.33. The van der Waals surface area contributed by atoms with E-state index in [-0.39, 0.29) is 6.04 Å². The molecule has 1 aromatic heterocycles. The molecule has 1 atom stereocenters. The SMILES string of the molecule is CON=C1CCC(CCc2ccc3ccc([C@@H](C)NC(=O)OC(C)(C)C)nc3c2)(C(=O)O)CC1. The van der Waals surface area contributed by atoms with Gasteiger partial charge in [-0.25, -0.2) is 4.79 Å². The minimum absolute atomic E-state index is 0.316. The molecule has 0 saturated heterocycles. The molecule has 0 unspecified atom stereocenters. The van der Waals surface area contributed by atoms with Crippen molar-refractivity contribution in [1.29, 1.82) is 0 Å². The zero-order valence-electron chi connectivity index (χ0n) is 20.7. The number of rotatable bonds is 7. The van der Waals surface area contributed by atoms with Crippen LogP contribution < -0.4 is 5.32 Å². The molecule has 1 aliphatic rings. The molecule has 0 radical (unpaired) electrons. The zero-order chi connectivity index (χ0) is 24.9. The van der Waals surface area contributed by atoms with Gasteiger partial charge in [0.2, 0.25) is 0 Å². The number of alkyl carbamates (subject to hydrolysis) is 1. The molecule has 2 N–H and O–H groups in total. The van der Waals surface area contributed by atoms with E-state index in [0.717, 1.165) is 27.9 Å². The summed E-state index contributed by atoms with van der Waals surface area (Å²) in [5, 5.41) is 17.8. The van der Waals surface area contributed by atoms with Gasteiger partial charge in [-0.05, 0) is 83.9 Å². The van der Waals surface area contributed by atoms with E-state index in [4.69, 9.17) is 14.6 Å². The lowest BCUT2D eigenvalue weighted by Gasteiger charge is -2.33. The molecule has 2 aromatic rings. The van der Waals surface area contributed by atoms with E-state index in [9.17, 15) is 14.7 Å². The van der Waals surface area contributed by atoms with Crippen molar-refractivity contribution in [3.8, 4) is 0 Å². The van der Waals surface area contributed by atoms with Crippen LogP contribution in [0, 0.1) is 5.41 Å². The Balaban J connectivity index is 1.71. The van der Waals surface area contributed by atoms with Crippen molar-refractivity contribution in [3.05, 3.63) is 41.6 Å². The number of aryl methyl sites for hydroxylation is 1. The van der Waals surface area contributed by atoms with Crippen molar-refractivity contribution in [1.82, 2.24) is 10.3 Å². The number of hydrogen-bond acceptors (Lipinski definition) is 6. The predicted molar refractivity (Wildman–Crippen MR) is 131 cm³/mol. The minimum atomic E-state index is -0.747. The Kier molecular flexibility index (Phi) is 7.79. The Morgan fingerprint density at radius 1 is 1.21 bits per heavy atom. The standard InChI is InChI=1S/C26H35N3O5/c1-17(27-24(32)34-25(2,3)4)21-9-8-19-7-6-18(16-22(19)28-21)10-13-26(23(30)31)14-11-20(12-15-26)29-33-5/h6-9,16-17H,10-15H2,1-5H3,(H,27,32)(H,30,31)/t17-,26?/m1/s1. The van der Waals surface area contributed by atoms with Crippen LogP contribution in [0.2, 0.25) is 0 Å². The maximum Gasteiger partial charge on any atom is 0.408 e. The number of aromatic nitrogens is 1. The van der Waals surface area contributed by atoms with E-state index in [1.807, 2.05) is 58.0 Å². The summed E-state index contributed by atoms with van der Waals surface area (Å²) in [6.07, 6.45) is 3.14. The average Bonchev–Trinajstić information content (AvgIpc) is 2.77. The number of hydrogen-bond donors (Lipinski definition) is 2. The predicted octanol–water partition coefficient (Wildman–Crippen LogP) is 5.40. The lowest BCUT2D eigenvalue weighted by molar-refractivity contribution is -0.150. The normalized spacial score (nSPS) is 19.4. The van der Waals surface area contributed by atoms with Crippen molar-refractivity contribution in [2.24, 2.45) is 10.6 Å². The number of carboxylic acids is 1. The molecular formula is C26H35N3O5. The van der Waals surface area contributed by atoms with Crippen LogP contribution in [-0.4, -0.2) is 40.6 Å². The fourth-order valence-corrected chi connectivity index (χ4v) is 4.33. The summed E-state index contributed by atoms with van der Waals surface area (Å²) in [5.74, 6) is -0.743. The topological polar surface area (TPSA) is 110 Å². The second-order valence-corrected chi connectivity index (χ2v) is 10.1. The number of fused-ring (bicyclic) bond motifs is 1. The highest BCUT2D eigenvalue weighted by Crippen LogP contribution is 2.40. The summed E-state index contributed by atoms with van der Waals surface area (Å²) in [5.41, 5.74) is 2.20. The monoisotopic (exact) mass is 469 g/mol. The summed E-state index contributed by atoms with van der Waals surface area (Å²) < 4.78 is 5.33. The molecule has 184 valence electrons. The third kappa shape index (κ3) is 6.46. The van der Waals surface area contributed by atoms with Gasteiger partial charge in [-0.1, -0.05) is 23.4 Å². The summed E-state index contributed by atoms with van der Waals surface area (Å²) >= 11 is 0. The number of carbonyl (C=O) groups excluding carboxylic acids is 1. The molecule has 1 aliphatic carbocycles. The molecule has 3 rings (SSSR count). The summed E-state index contributed by atoms with van der Waals surface area (Å²) in [6, 6.07) is 9.60. The number of amides is 1. The molecule has 1 heterocycles. The van der Waals surface area contributed by atoms with E-state index < -0.39 is 23.1 Å². The van der Waals surface area contributed by atoms with E-state index in [0.29, 0.717) is 38.5 Å². The zero-order valence-corrected chi connectivity index (χ0v) is 20.7. The molecule has 34 heavy (non-hydrogen) atoms. The smallest absolute Gasteiger partial charge is 0.408 e. The Bertz CT molecular complexity index is 1060. The molecule has 0 bridgehead atoms. The number of pyridine rings is 1.